The maximum atomic E-state index is 11.2. The molecule has 0 aromatic carbocycles. The summed E-state index contributed by atoms with van der Waals surface area (Å²) < 4.78 is 0. The van der Waals surface area contributed by atoms with Gasteiger partial charge in [-0.2, -0.15) is 0 Å². The smallest absolute Gasteiger partial charge is 0.411 e. The van der Waals surface area contributed by atoms with Gasteiger partial charge in [0, 0.05) is 354 Å². The van der Waals surface area contributed by atoms with Crippen LogP contribution in [0.1, 0.15) is 0 Å². The number of likely N-dealkylation sites (N-methyl/N-ethyl adjacent to an activating group) is 1. The molecule has 2 aromatic rings. The topological polar surface area (TPSA) is 93.6 Å². The zero-order chi connectivity index (χ0) is 69.7. The lowest BCUT2D eigenvalue weighted by Gasteiger charge is -2.52. The molecule has 372 valence electrons. The zero-order valence-corrected chi connectivity index (χ0v) is 51.4. The maximum absolute atomic E-state index is 11.2. The third kappa shape index (κ3) is 33.0. The normalized spacial score (nSPS) is 8.96. The molecule has 2 aromatic heterocycles. The summed E-state index contributed by atoms with van der Waals surface area (Å²) in [5.41, 5.74) is 81.2. The third-order valence-electron chi connectivity index (χ3n) is 12.7. The first-order chi connectivity index (χ1) is 44.4. The van der Waals surface area contributed by atoms with Gasteiger partial charge in [-0.05, 0) is 136 Å². The van der Waals surface area contributed by atoms with Gasteiger partial charge in [0.1, 0.15) is 5.82 Å². The van der Waals surface area contributed by atoms with Crippen LogP contribution in [0.25, 0.3) is 0 Å². The Bertz CT molecular complexity index is 4010. The van der Waals surface area contributed by atoms with E-state index in [0.717, 1.165) is 24.6 Å². The molecule has 8 nitrogen and oxygen atoms in total. The van der Waals surface area contributed by atoms with E-state index in [4.69, 9.17) is 139 Å². The van der Waals surface area contributed by atoms with Crippen molar-refractivity contribution in [3.63, 3.8) is 0 Å². The molecular weight excluding hydrogens is 1100 g/mol. The molecule has 2 aliphatic rings. The SMILES string of the molecule is C=C=C=C=C=C=C=C=C=C=C=C=C=C=C=C=C=C=C=C=C=C=C=C=C=C=C=C=C=C=C=C=C=C.CB(O)N1CC(=O)Nc2cccnc21.CN1CCNc2cccnc21.[B]B([B])B(B([B])[B])B(B([B])[B])B(B(B([B])[B])B([B])[B])B(B(B([B])[B])B([B])[B])B(B([B])[B])B([B])[B]. The standard InChI is InChI=1S/C34H4.C8H10BN3O2.C8H11N3.B34/c1-3-5-7-9-11-13-15-17-19-21-23-25-27-29-31-33-34-32-30-28-26-24-22-20-18-16-14-12-10-8-6-4-2;1-9(14)12-5-7(13)11-6-3-2-4-10-8(6)12;1-11-6-5-9-7-3-2-4-10-8(7)11;1-19(2)28(20(3)4)32(27(17)18)34(31(25(13)14)26(15)16)33(29(21(5)6)22(7)8)30(23(9)10)24(11)12/h1-2H2;2-4,14H,5H2,1H3,(H,11,13);2-4,9H,5-6H2,1H3;. The van der Waals surface area contributed by atoms with E-state index in [2.05, 4.69) is 235 Å². The molecule has 0 aliphatic carbocycles. The minimum atomic E-state index is -1.16. The van der Waals surface area contributed by atoms with Gasteiger partial charge in [-0.3, -0.25) is 4.79 Å². The highest BCUT2D eigenvalue weighted by Gasteiger charge is 2.54. The molecule has 0 fully saturated rings. The van der Waals surface area contributed by atoms with Gasteiger partial charge >= 0.3 is 7.05 Å². The Morgan fingerprint density at radius 1 is 0.409 bits per heavy atom. The molecule has 1 amide bonds. The Kier molecular flexibility index (Phi) is 43.6. The Balaban J connectivity index is 0.000000677. The van der Waals surface area contributed by atoms with Gasteiger partial charge < -0.3 is 25.4 Å². The summed E-state index contributed by atoms with van der Waals surface area (Å²) in [6.45, 7) is 10.4. The van der Waals surface area contributed by atoms with Gasteiger partial charge in [0.15, 0.2) is 5.82 Å². The third-order valence-corrected chi connectivity index (χ3v) is 12.7. The van der Waals surface area contributed by atoms with Gasteiger partial charge in [0.2, 0.25) is 5.91 Å². The van der Waals surface area contributed by atoms with Gasteiger partial charge in [-0.15, -0.1) is 0 Å². The molecule has 0 atom stereocenters. The number of pyridine rings is 2. The minimum absolute atomic E-state index is 0.133. The highest BCUT2D eigenvalue weighted by Crippen LogP contribution is 2.26. The van der Waals surface area contributed by atoms with E-state index < -0.39 is 109 Å². The number of nitrogens with zero attached hydrogens (tertiary/aromatic N) is 4. The lowest BCUT2D eigenvalue weighted by atomic mass is 8.29. The van der Waals surface area contributed by atoms with Crippen molar-refractivity contribution in [2.45, 2.75) is 6.82 Å². The summed E-state index contributed by atoms with van der Waals surface area (Å²) in [6, 6.07) is 7.50. The Morgan fingerprint density at radius 3 is 0.935 bits per heavy atom. The summed E-state index contributed by atoms with van der Waals surface area (Å²) in [4.78, 5) is 23.3. The molecule has 3 N–H and O–H groups in total. The van der Waals surface area contributed by atoms with Crippen LogP contribution in [0, 0.1) is 0 Å². The zero-order valence-electron chi connectivity index (χ0n) is 51.4. The fourth-order valence-corrected chi connectivity index (χ4v) is 9.11. The van der Waals surface area contributed by atoms with Crippen LogP contribution in [-0.4, -0.2) is 296 Å². The fourth-order valence-electron chi connectivity index (χ4n) is 9.11. The first-order valence-electron chi connectivity index (χ1n) is 27.6. The summed E-state index contributed by atoms with van der Waals surface area (Å²) in [7, 11) is 111. The largest absolute Gasteiger partial charge is 0.432 e. The van der Waals surface area contributed by atoms with Crippen LogP contribution in [0.15, 0.2) is 233 Å². The summed E-state index contributed by atoms with van der Waals surface area (Å²) in [5, 5.41) is 15.4. The van der Waals surface area contributed by atoms with E-state index in [0.29, 0.717) is 11.5 Å². The van der Waals surface area contributed by atoms with Crippen LogP contribution in [0.5, 0.6) is 0 Å². The number of nitrogens with one attached hydrogen (secondary N) is 2. The van der Waals surface area contributed by atoms with Crippen LogP contribution in [0.2, 0.25) is 6.82 Å². The lowest BCUT2D eigenvalue weighted by Crippen LogP contribution is -2.90. The molecule has 0 saturated heterocycles. The monoisotopic (exact) mass is 1130 g/mol. The van der Waals surface area contributed by atoms with E-state index in [1.807, 2.05) is 12.3 Å². The van der Waals surface area contributed by atoms with E-state index in [9.17, 15) is 9.82 Å². The molecule has 4 heterocycles. The second-order valence-corrected chi connectivity index (χ2v) is 19.2. The molecule has 0 bridgehead atoms. The van der Waals surface area contributed by atoms with E-state index >= 15 is 0 Å². The fraction of sp³-hybridized carbons (Fsp3) is 0.100. The number of aromatic nitrogens is 2. The average molecular weight is 1120 g/mol. The van der Waals surface area contributed by atoms with Gasteiger partial charge in [-0.25, -0.2) is 9.97 Å². The first kappa shape index (κ1) is 83.1. The van der Waals surface area contributed by atoms with Crippen molar-refractivity contribution in [1.82, 2.24) is 9.97 Å². The number of carbonyl (C=O) groups excluding carboxylic acids is 1. The van der Waals surface area contributed by atoms with Crippen molar-refractivity contribution < 1.29 is 9.82 Å². The van der Waals surface area contributed by atoms with Crippen molar-refractivity contribution in [3.8, 4) is 0 Å². The molecule has 93 heavy (non-hydrogen) atoms. The quantitative estimate of drug-likeness (QED) is 0.114. The molecule has 36 radical (unpaired) electrons. The average Bonchev–Trinajstić information content (AvgIpc) is 0.764. The van der Waals surface area contributed by atoms with E-state index in [-0.39, 0.29) is 12.5 Å². The van der Waals surface area contributed by atoms with Crippen LogP contribution in [0.3, 0.4) is 0 Å². The van der Waals surface area contributed by atoms with Crippen LogP contribution < -0.4 is 20.3 Å². The van der Waals surface area contributed by atoms with Gasteiger partial charge in [-0.1, -0.05) is 11.5 Å². The molecule has 2 aliphatic heterocycles. The molecular formula is C50H25B35N6O2. The van der Waals surface area contributed by atoms with Gasteiger partial charge in [0.25, 0.3) is 0 Å². The second kappa shape index (κ2) is 48.8. The number of hydrogen-bond acceptors (Lipinski definition) is 7. The minimum Gasteiger partial charge on any atom is -0.432 e. The van der Waals surface area contributed by atoms with Crippen molar-refractivity contribution in [1.29, 1.82) is 0 Å². The molecule has 0 spiro atoms. The van der Waals surface area contributed by atoms with Crippen LogP contribution in [0.4, 0.5) is 23.0 Å². The predicted molar refractivity (Wildman–Crippen MR) is 419 cm³/mol. The van der Waals surface area contributed by atoms with Crippen molar-refractivity contribution in [3.05, 3.63) is 233 Å². The van der Waals surface area contributed by atoms with Crippen molar-refractivity contribution >= 4 is 277 Å². The molecule has 4 rings (SSSR count). The molecule has 0 saturated carbocycles. The number of hydrogen-bond donors (Lipinski definition) is 3. The van der Waals surface area contributed by atoms with Crippen molar-refractivity contribution in [2.75, 3.05) is 47.0 Å². The first-order valence-corrected chi connectivity index (χ1v) is 27.6. The second-order valence-electron chi connectivity index (χ2n) is 19.2. The summed E-state index contributed by atoms with van der Waals surface area (Å²) >= 11 is 0. The number of fused-ring (bicyclic) bond motifs is 2. The number of amides is 1. The van der Waals surface area contributed by atoms with E-state index in [1.54, 1.807) is 30.0 Å². The van der Waals surface area contributed by atoms with E-state index in [1.165, 1.54) is 0 Å². The highest BCUT2D eigenvalue weighted by molar-refractivity contribution is 8.29. The Morgan fingerprint density at radius 2 is 0.667 bits per heavy atom. The molecule has 0 unspecified atom stereocenters. The predicted octanol–water partition coefficient (Wildman–Crippen LogP) is -6.29. The number of rotatable bonds is 16. The lowest BCUT2D eigenvalue weighted by molar-refractivity contribution is -0.115. The summed E-state index contributed by atoms with van der Waals surface area (Å²) in [5.74, 6) is 1.53. The maximum Gasteiger partial charge on any atom is 0.411 e. The number of carbonyl (C=O) groups is 1. The van der Waals surface area contributed by atoms with Gasteiger partial charge in [0.05, 0.1) is 17.9 Å². The number of anilines is 4. The van der Waals surface area contributed by atoms with Crippen LogP contribution in [-0.2, 0) is 4.79 Å². The Labute approximate surface area is 580 Å². The Hall–Kier alpha value is -7.90. The highest BCUT2D eigenvalue weighted by atomic mass is 16.2. The van der Waals surface area contributed by atoms with Crippen molar-refractivity contribution in [2.24, 2.45) is 0 Å². The summed E-state index contributed by atoms with van der Waals surface area (Å²) in [6.07, 6.45) is -13.2. The van der Waals surface area contributed by atoms with Crippen LogP contribution >= 0.6 is 0 Å². The molecule has 43 heteroatoms.